The van der Waals surface area contributed by atoms with Crippen LogP contribution < -0.4 is 5.32 Å². The lowest BCUT2D eigenvalue weighted by atomic mass is 10.0. The van der Waals surface area contributed by atoms with E-state index < -0.39 is 10.8 Å². The third-order valence-electron chi connectivity index (χ3n) is 3.08. The highest BCUT2D eigenvalue weighted by molar-refractivity contribution is 7.84. The van der Waals surface area contributed by atoms with Crippen LogP contribution in [0.5, 0.6) is 0 Å². The molecule has 2 nitrogen and oxygen atoms in total. The van der Waals surface area contributed by atoms with E-state index in [0.29, 0.717) is 17.7 Å². The molecule has 2 atom stereocenters. The normalized spacial score (nSPS) is 18.9. The van der Waals surface area contributed by atoms with Gasteiger partial charge in [-0.1, -0.05) is 12.1 Å². The van der Waals surface area contributed by atoms with E-state index in [1.165, 1.54) is 25.0 Å². The number of rotatable bonds is 6. The van der Waals surface area contributed by atoms with E-state index in [9.17, 15) is 8.60 Å². The van der Waals surface area contributed by atoms with E-state index in [2.05, 4.69) is 5.32 Å². The standard InChI is InChI=1S/C13H18FNOS/c1-17(16)9-8-15-13(10-2-3-10)11-4-6-12(14)7-5-11/h4-7,10,13,15H,2-3,8-9H2,1H3. The molecule has 4 heteroatoms. The van der Waals surface area contributed by atoms with Crippen molar-refractivity contribution in [2.75, 3.05) is 18.6 Å². The highest BCUT2D eigenvalue weighted by Crippen LogP contribution is 2.40. The highest BCUT2D eigenvalue weighted by atomic mass is 32.2. The third kappa shape index (κ3) is 3.89. The second-order valence-corrected chi connectivity index (χ2v) is 6.15. The summed E-state index contributed by atoms with van der Waals surface area (Å²) < 4.78 is 23.9. The Morgan fingerprint density at radius 3 is 2.59 bits per heavy atom. The number of hydrogen-bond donors (Lipinski definition) is 1. The molecule has 0 amide bonds. The number of nitrogens with one attached hydrogen (secondary N) is 1. The predicted molar refractivity (Wildman–Crippen MR) is 68.8 cm³/mol. The Morgan fingerprint density at radius 2 is 2.06 bits per heavy atom. The molecule has 0 aliphatic heterocycles. The van der Waals surface area contributed by atoms with Crippen molar-refractivity contribution in [3.8, 4) is 0 Å². The number of hydrogen-bond acceptors (Lipinski definition) is 2. The summed E-state index contributed by atoms with van der Waals surface area (Å²) in [5, 5.41) is 3.43. The van der Waals surface area contributed by atoms with Gasteiger partial charge in [-0.2, -0.15) is 0 Å². The first kappa shape index (κ1) is 12.7. The van der Waals surface area contributed by atoms with Gasteiger partial charge in [-0.05, 0) is 36.5 Å². The van der Waals surface area contributed by atoms with Crippen molar-refractivity contribution >= 4 is 10.8 Å². The van der Waals surface area contributed by atoms with Crippen molar-refractivity contribution in [1.29, 1.82) is 0 Å². The molecule has 2 rings (SSSR count). The molecular weight excluding hydrogens is 237 g/mol. The van der Waals surface area contributed by atoms with Gasteiger partial charge in [0.25, 0.3) is 0 Å². The fourth-order valence-corrected chi connectivity index (χ4v) is 2.42. The zero-order valence-corrected chi connectivity index (χ0v) is 10.8. The SMILES string of the molecule is CS(=O)CCNC(c1ccc(F)cc1)C1CC1. The van der Waals surface area contributed by atoms with Gasteiger partial charge in [-0.15, -0.1) is 0 Å². The Hall–Kier alpha value is -0.740. The van der Waals surface area contributed by atoms with E-state index in [-0.39, 0.29) is 5.82 Å². The lowest BCUT2D eigenvalue weighted by Crippen LogP contribution is -2.27. The maximum atomic E-state index is 12.9. The van der Waals surface area contributed by atoms with E-state index in [0.717, 1.165) is 12.1 Å². The van der Waals surface area contributed by atoms with E-state index in [4.69, 9.17) is 0 Å². The number of halogens is 1. The van der Waals surface area contributed by atoms with E-state index in [1.807, 2.05) is 12.1 Å². The maximum Gasteiger partial charge on any atom is 0.123 e. The maximum absolute atomic E-state index is 12.9. The van der Waals surface area contributed by atoms with Crippen molar-refractivity contribution in [3.63, 3.8) is 0 Å². The van der Waals surface area contributed by atoms with E-state index >= 15 is 0 Å². The van der Waals surface area contributed by atoms with Crippen molar-refractivity contribution < 1.29 is 8.60 Å². The molecule has 94 valence electrons. The summed E-state index contributed by atoms with van der Waals surface area (Å²) in [6.07, 6.45) is 4.17. The smallest absolute Gasteiger partial charge is 0.123 e. The minimum absolute atomic E-state index is 0.196. The Labute approximate surface area is 104 Å². The van der Waals surface area contributed by atoms with Crippen LogP contribution >= 0.6 is 0 Å². The Kier molecular flexibility index (Phi) is 4.29. The summed E-state index contributed by atoms with van der Waals surface area (Å²) in [4.78, 5) is 0. The zero-order chi connectivity index (χ0) is 12.3. The van der Waals surface area contributed by atoms with Gasteiger partial charge in [-0.3, -0.25) is 4.21 Å². The summed E-state index contributed by atoms with van der Waals surface area (Å²) in [6.45, 7) is 0.752. The zero-order valence-electron chi connectivity index (χ0n) is 9.99. The van der Waals surface area contributed by atoms with Gasteiger partial charge < -0.3 is 5.32 Å². The van der Waals surface area contributed by atoms with Crippen molar-refractivity contribution in [2.45, 2.75) is 18.9 Å². The molecule has 1 aromatic rings. The average molecular weight is 255 g/mol. The molecule has 1 saturated carbocycles. The first-order chi connectivity index (χ1) is 8.16. The van der Waals surface area contributed by atoms with Crippen molar-refractivity contribution in [2.24, 2.45) is 5.92 Å². The molecule has 0 radical (unpaired) electrons. The minimum atomic E-state index is -0.757. The summed E-state index contributed by atoms with van der Waals surface area (Å²) in [7, 11) is -0.757. The van der Waals surface area contributed by atoms with Gasteiger partial charge in [-0.25, -0.2) is 4.39 Å². The van der Waals surface area contributed by atoms with Crippen LogP contribution in [0.25, 0.3) is 0 Å². The molecule has 1 N–H and O–H groups in total. The fraction of sp³-hybridized carbons (Fsp3) is 0.538. The predicted octanol–water partition coefficient (Wildman–Crippen LogP) is 2.24. The summed E-state index contributed by atoms with van der Waals surface area (Å²) in [5.74, 6) is 1.13. The Morgan fingerprint density at radius 1 is 1.41 bits per heavy atom. The molecule has 17 heavy (non-hydrogen) atoms. The van der Waals surface area contributed by atoms with Crippen molar-refractivity contribution in [1.82, 2.24) is 5.32 Å². The van der Waals surface area contributed by atoms with Crippen LogP contribution in [0.3, 0.4) is 0 Å². The van der Waals surface area contributed by atoms with E-state index in [1.54, 1.807) is 6.26 Å². The first-order valence-corrected chi connectivity index (χ1v) is 7.68. The van der Waals surface area contributed by atoms with Crippen LogP contribution in [0.1, 0.15) is 24.4 Å². The Bertz CT molecular complexity index is 389. The highest BCUT2D eigenvalue weighted by Gasteiger charge is 2.31. The monoisotopic (exact) mass is 255 g/mol. The van der Waals surface area contributed by atoms with Gasteiger partial charge in [0.05, 0.1) is 0 Å². The molecule has 0 spiro atoms. The summed E-state index contributed by atoms with van der Waals surface area (Å²) >= 11 is 0. The molecule has 1 aliphatic carbocycles. The van der Waals surface area contributed by atoms with Crippen LogP contribution in [-0.2, 0) is 10.8 Å². The van der Waals surface area contributed by atoms with Crippen LogP contribution in [0.2, 0.25) is 0 Å². The molecule has 0 saturated heterocycles. The molecule has 1 aromatic carbocycles. The van der Waals surface area contributed by atoms with Crippen LogP contribution in [0.15, 0.2) is 24.3 Å². The molecule has 2 unspecified atom stereocenters. The van der Waals surface area contributed by atoms with Crippen LogP contribution in [0, 0.1) is 11.7 Å². The van der Waals surface area contributed by atoms with Crippen LogP contribution in [-0.4, -0.2) is 22.8 Å². The molecule has 1 aliphatic rings. The largest absolute Gasteiger partial charge is 0.309 e. The quantitative estimate of drug-likeness (QED) is 0.844. The number of benzene rings is 1. The second-order valence-electron chi connectivity index (χ2n) is 4.60. The lowest BCUT2D eigenvalue weighted by Gasteiger charge is -2.18. The third-order valence-corrected chi connectivity index (χ3v) is 3.86. The molecule has 0 heterocycles. The van der Waals surface area contributed by atoms with Gasteiger partial charge >= 0.3 is 0 Å². The van der Waals surface area contributed by atoms with Gasteiger partial charge in [0.15, 0.2) is 0 Å². The lowest BCUT2D eigenvalue weighted by molar-refractivity contribution is 0.495. The van der Waals surface area contributed by atoms with Gasteiger partial charge in [0.2, 0.25) is 0 Å². The molecular formula is C13H18FNOS. The topological polar surface area (TPSA) is 29.1 Å². The summed E-state index contributed by atoms with van der Waals surface area (Å²) in [5.41, 5.74) is 1.13. The minimum Gasteiger partial charge on any atom is -0.309 e. The molecule has 0 aromatic heterocycles. The first-order valence-electron chi connectivity index (χ1n) is 5.95. The average Bonchev–Trinajstić information content (AvgIpc) is 3.10. The second kappa shape index (κ2) is 5.74. The Balaban J connectivity index is 1.97. The molecule has 1 fully saturated rings. The van der Waals surface area contributed by atoms with Crippen LogP contribution in [0.4, 0.5) is 4.39 Å². The van der Waals surface area contributed by atoms with Crippen molar-refractivity contribution in [3.05, 3.63) is 35.6 Å². The molecule has 0 bridgehead atoms. The summed E-state index contributed by atoms with van der Waals surface area (Å²) in [6, 6.07) is 6.98. The van der Waals surface area contributed by atoms with Gasteiger partial charge in [0, 0.05) is 35.4 Å². The fourth-order valence-electron chi connectivity index (χ4n) is 2.01. The van der Waals surface area contributed by atoms with Gasteiger partial charge in [0.1, 0.15) is 5.82 Å².